The van der Waals surface area contributed by atoms with Gasteiger partial charge >= 0.3 is 0 Å². The van der Waals surface area contributed by atoms with Crippen LogP contribution in [-0.4, -0.2) is 20.5 Å². The molecule has 2 rings (SSSR count). The van der Waals surface area contributed by atoms with E-state index in [9.17, 15) is 12.8 Å². The van der Waals surface area contributed by atoms with Gasteiger partial charge in [0.15, 0.2) is 0 Å². The van der Waals surface area contributed by atoms with Crippen LogP contribution in [0.1, 0.15) is 43.2 Å². The van der Waals surface area contributed by atoms with Crippen LogP contribution in [0.2, 0.25) is 0 Å². The Bertz CT molecular complexity index is 600. The van der Waals surface area contributed by atoms with Crippen molar-refractivity contribution in [2.45, 2.75) is 56.4 Å². The maximum absolute atomic E-state index is 13.3. The van der Waals surface area contributed by atoms with Gasteiger partial charge in [0.1, 0.15) is 5.82 Å². The summed E-state index contributed by atoms with van der Waals surface area (Å²) in [6.07, 6.45) is 4.88. The summed E-state index contributed by atoms with van der Waals surface area (Å²) < 4.78 is 40.9. The average Bonchev–Trinajstić information content (AvgIpc) is 2.36. The van der Waals surface area contributed by atoms with E-state index in [0.717, 1.165) is 32.1 Å². The van der Waals surface area contributed by atoms with Crippen LogP contribution in [0.4, 0.5) is 4.39 Å². The molecule has 0 amide bonds. The summed E-state index contributed by atoms with van der Waals surface area (Å²) in [7, 11) is -3.67. The first kappa shape index (κ1) is 16.4. The maximum atomic E-state index is 13.3. The summed E-state index contributed by atoms with van der Waals surface area (Å²) >= 11 is 0. The van der Waals surface area contributed by atoms with E-state index in [-0.39, 0.29) is 11.4 Å². The first-order chi connectivity index (χ1) is 9.73. The smallest absolute Gasteiger partial charge is 0.241 e. The van der Waals surface area contributed by atoms with E-state index < -0.39 is 21.4 Å². The molecule has 1 aromatic rings. The lowest BCUT2D eigenvalue weighted by atomic mass is 9.83. The van der Waals surface area contributed by atoms with Gasteiger partial charge in [0.2, 0.25) is 10.0 Å². The van der Waals surface area contributed by atoms with E-state index in [2.05, 4.69) is 4.72 Å². The van der Waals surface area contributed by atoms with Crippen LogP contribution in [0.5, 0.6) is 0 Å². The minimum absolute atomic E-state index is 0.156. The Morgan fingerprint density at radius 2 is 1.71 bits per heavy atom. The molecular weight excluding hydrogens is 291 g/mol. The highest BCUT2D eigenvalue weighted by Crippen LogP contribution is 2.26. The summed E-state index contributed by atoms with van der Waals surface area (Å²) in [5, 5.41) is 0. The molecule has 0 aliphatic heterocycles. The number of hydrogen-bond acceptors (Lipinski definition) is 3. The zero-order valence-corrected chi connectivity index (χ0v) is 13.4. The Kier molecular flexibility index (Phi) is 4.70. The van der Waals surface area contributed by atoms with Gasteiger partial charge in [-0.25, -0.2) is 17.5 Å². The second kappa shape index (κ2) is 6.02. The molecule has 1 aliphatic rings. The third kappa shape index (κ3) is 3.81. The van der Waals surface area contributed by atoms with Crippen molar-refractivity contribution in [3.05, 3.63) is 29.1 Å². The molecule has 118 valence electrons. The largest absolute Gasteiger partial charge is 0.324 e. The van der Waals surface area contributed by atoms with Crippen LogP contribution in [0.15, 0.2) is 17.0 Å². The van der Waals surface area contributed by atoms with E-state index in [1.54, 1.807) is 13.8 Å². The van der Waals surface area contributed by atoms with Gasteiger partial charge in [0.05, 0.1) is 4.90 Å². The molecule has 1 fully saturated rings. The molecule has 0 unspecified atom stereocenters. The minimum atomic E-state index is -3.67. The molecule has 1 saturated carbocycles. The Balaban J connectivity index is 2.19. The van der Waals surface area contributed by atoms with Crippen molar-refractivity contribution in [3.63, 3.8) is 0 Å². The highest BCUT2D eigenvalue weighted by molar-refractivity contribution is 7.89. The zero-order valence-electron chi connectivity index (χ0n) is 12.6. The number of rotatable bonds is 4. The normalized spacial score (nSPS) is 18.7. The third-order valence-corrected chi connectivity index (χ3v) is 5.86. The quantitative estimate of drug-likeness (QED) is 0.896. The van der Waals surface area contributed by atoms with Gasteiger partial charge in [-0.1, -0.05) is 19.3 Å². The van der Waals surface area contributed by atoms with Gasteiger partial charge in [-0.3, -0.25) is 0 Å². The van der Waals surface area contributed by atoms with Crippen molar-refractivity contribution >= 4 is 10.0 Å². The summed E-state index contributed by atoms with van der Waals surface area (Å²) in [4.78, 5) is 0.156. The number of sulfonamides is 1. The highest BCUT2D eigenvalue weighted by atomic mass is 32.2. The standard InChI is InChI=1S/C15H23FN2O2S/c1-11-8-13(16)9-12(2)14(11)21(19,20)18-10-15(17)6-4-3-5-7-15/h8-9,18H,3-7,10,17H2,1-2H3. The second-order valence-electron chi connectivity index (χ2n) is 6.12. The summed E-state index contributed by atoms with van der Waals surface area (Å²) in [5.41, 5.74) is 6.62. The number of benzene rings is 1. The van der Waals surface area contributed by atoms with Crippen LogP contribution in [-0.2, 0) is 10.0 Å². The lowest BCUT2D eigenvalue weighted by molar-refractivity contribution is 0.296. The lowest BCUT2D eigenvalue weighted by Gasteiger charge is -2.33. The van der Waals surface area contributed by atoms with Crippen LogP contribution in [0.3, 0.4) is 0 Å². The highest BCUT2D eigenvalue weighted by Gasteiger charge is 2.30. The fourth-order valence-corrected chi connectivity index (χ4v) is 4.65. The predicted octanol–water partition coefficient (Wildman–Crippen LogP) is 2.38. The van der Waals surface area contributed by atoms with Gasteiger partial charge in [-0.05, 0) is 49.9 Å². The van der Waals surface area contributed by atoms with Crippen molar-refractivity contribution in [1.82, 2.24) is 4.72 Å². The number of hydrogen-bond donors (Lipinski definition) is 2. The topological polar surface area (TPSA) is 72.2 Å². The molecule has 1 aliphatic carbocycles. The molecule has 4 nitrogen and oxygen atoms in total. The van der Waals surface area contributed by atoms with Crippen molar-refractivity contribution in [2.24, 2.45) is 5.73 Å². The van der Waals surface area contributed by atoms with E-state index in [1.807, 2.05) is 0 Å². The van der Waals surface area contributed by atoms with E-state index in [0.29, 0.717) is 11.1 Å². The van der Waals surface area contributed by atoms with Crippen molar-refractivity contribution in [2.75, 3.05) is 6.54 Å². The molecule has 0 saturated heterocycles. The molecule has 0 atom stereocenters. The molecule has 1 aromatic carbocycles. The van der Waals surface area contributed by atoms with Gasteiger partial charge < -0.3 is 5.73 Å². The van der Waals surface area contributed by atoms with Gasteiger partial charge in [-0.15, -0.1) is 0 Å². The Labute approximate surface area is 126 Å². The van der Waals surface area contributed by atoms with Crippen molar-refractivity contribution < 1.29 is 12.8 Å². The SMILES string of the molecule is Cc1cc(F)cc(C)c1S(=O)(=O)NCC1(N)CCCCC1. The predicted molar refractivity (Wildman–Crippen MR) is 81.1 cm³/mol. The van der Waals surface area contributed by atoms with Crippen LogP contribution < -0.4 is 10.5 Å². The van der Waals surface area contributed by atoms with Gasteiger partial charge in [-0.2, -0.15) is 0 Å². The van der Waals surface area contributed by atoms with Gasteiger partial charge in [0.25, 0.3) is 0 Å². The molecule has 3 N–H and O–H groups in total. The first-order valence-electron chi connectivity index (χ1n) is 7.29. The fourth-order valence-electron chi connectivity index (χ4n) is 3.06. The van der Waals surface area contributed by atoms with Crippen LogP contribution >= 0.6 is 0 Å². The maximum Gasteiger partial charge on any atom is 0.241 e. The summed E-state index contributed by atoms with van der Waals surface area (Å²) in [6, 6.07) is 2.47. The summed E-state index contributed by atoms with van der Waals surface area (Å²) in [5.74, 6) is -0.425. The number of halogens is 1. The molecular formula is C15H23FN2O2S. The monoisotopic (exact) mass is 314 g/mol. The molecule has 21 heavy (non-hydrogen) atoms. The molecule has 6 heteroatoms. The Morgan fingerprint density at radius 1 is 1.19 bits per heavy atom. The Morgan fingerprint density at radius 3 is 2.24 bits per heavy atom. The van der Waals surface area contributed by atoms with Crippen LogP contribution in [0.25, 0.3) is 0 Å². The molecule has 0 heterocycles. The Hall–Kier alpha value is -0.980. The van der Waals surface area contributed by atoms with Crippen LogP contribution in [0, 0.1) is 19.7 Å². The fraction of sp³-hybridized carbons (Fsp3) is 0.600. The lowest BCUT2D eigenvalue weighted by Crippen LogP contribution is -2.51. The van der Waals surface area contributed by atoms with E-state index in [1.165, 1.54) is 12.1 Å². The zero-order chi connectivity index (χ0) is 15.7. The average molecular weight is 314 g/mol. The third-order valence-electron chi connectivity index (χ3n) is 4.16. The van der Waals surface area contributed by atoms with Gasteiger partial charge in [0, 0.05) is 12.1 Å². The molecule has 0 bridgehead atoms. The van der Waals surface area contributed by atoms with E-state index >= 15 is 0 Å². The number of nitrogens with one attached hydrogen (secondary N) is 1. The van der Waals surface area contributed by atoms with Crippen molar-refractivity contribution in [3.8, 4) is 0 Å². The first-order valence-corrected chi connectivity index (χ1v) is 8.77. The number of aryl methyl sites for hydroxylation is 2. The molecule has 0 aromatic heterocycles. The number of nitrogens with two attached hydrogens (primary N) is 1. The van der Waals surface area contributed by atoms with E-state index in [4.69, 9.17) is 5.73 Å². The van der Waals surface area contributed by atoms with Crippen molar-refractivity contribution in [1.29, 1.82) is 0 Å². The summed E-state index contributed by atoms with van der Waals surface area (Å²) in [6.45, 7) is 3.43. The minimum Gasteiger partial charge on any atom is -0.324 e. The second-order valence-corrected chi connectivity index (χ2v) is 7.82. The molecule has 0 spiro atoms. The molecule has 0 radical (unpaired) electrons.